The molecule has 0 aliphatic carbocycles. The van der Waals surface area contributed by atoms with Crippen LogP contribution >= 0.6 is 15.9 Å². The van der Waals surface area contributed by atoms with Crippen molar-refractivity contribution in [3.8, 4) is 6.07 Å². The summed E-state index contributed by atoms with van der Waals surface area (Å²) >= 11 is 3.37. The third-order valence-electron chi connectivity index (χ3n) is 4.14. The zero-order valence-corrected chi connectivity index (χ0v) is 16.3. The molecule has 0 spiro atoms. The minimum atomic E-state index is -0.745. The van der Waals surface area contributed by atoms with Gasteiger partial charge in [-0.25, -0.2) is 0 Å². The van der Waals surface area contributed by atoms with Crippen LogP contribution in [0.4, 0.5) is 0 Å². The third kappa shape index (κ3) is 5.40. The highest BCUT2D eigenvalue weighted by molar-refractivity contribution is 9.10. The molecule has 26 heavy (non-hydrogen) atoms. The molecule has 136 valence electrons. The largest absolute Gasteiger partial charge is 0.337 e. The number of nitrogens with two attached hydrogens (primary N) is 2. The third-order valence-corrected chi connectivity index (χ3v) is 4.64. The molecular formula is C20H23BrN4O. The van der Waals surface area contributed by atoms with Crippen molar-refractivity contribution in [2.24, 2.45) is 11.5 Å². The number of nitriles is 1. The van der Waals surface area contributed by atoms with Gasteiger partial charge in [0.05, 0.1) is 11.6 Å². The number of rotatable bonds is 7. The van der Waals surface area contributed by atoms with Crippen LogP contribution < -0.4 is 11.5 Å². The number of amides is 1. The summed E-state index contributed by atoms with van der Waals surface area (Å²) in [6.45, 7) is 2.71. The number of carbonyl (C=O) groups excluding carboxylic acids is 1. The van der Waals surface area contributed by atoms with E-state index in [1.807, 2.05) is 49.4 Å². The second-order valence-corrected chi connectivity index (χ2v) is 7.24. The number of benzene rings is 2. The first kappa shape index (κ1) is 20.1. The van der Waals surface area contributed by atoms with Crippen LogP contribution in [-0.2, 0) is 11.3 Å². The Labute approximate surface area is 162 Å². The smallest absolute Gasteiger partial charge is 0.244 e. The Hall–Kier alpha value is -2.20. The van der Waals surface area contributed by atoms with Gasteiger partial charge in [-0.1, -0.05) is 52.3 Å². The van der Waals surface area contributed by atoms with Gasteiger partial charge < -0.3 is 16.4 Å². The second kappa shape index (κ2) is 9.48. The van der Waals surface area contributed by atoms with E-state index in [-0.39, 0.29) is 11.9 Å². The minimum Gasteiger partial charge on any atom is -0.337 e. The standard InChI is InChI=1S/C20H23BrN4O/c1-14(23)9-10-25(13-16-7-8-18(21)11-17(16)12-22)20(26)19(24)15-5-3-2-4-6-15/h2-8,11,14,19H,9-10,13,23-24H2,1H3. The molecule has 2 rings (SSSR count). The number of carbonyl (C=O) groups is 1. The number of halogens is 1. The lowest BCUT2D eigenvalue weighted by Crippen LogP contribution is -2.40. The topological polar surface area (TPSA) is 96.1 Å². The van der Waals surface area contributed by atoms with E-state index in [4.69, 9.17) is 11.5 Å². The van der Waals surface area contributed by atoms with E-state index >= 15 is 0 Å². The van der Waals surface area contributed by atoms with Crippen molar-refractivity contribution in [3.63, 3.8) is 0 Å². The summed E-state index contributed by atoms with van der Waals surface area (Å²) in [7, 11) is 0. The minimum absolute atomic E-state index is 0.0291. The fourth-order valence-corrected chi connectivity index (χ4v) is 2.98. The summed E-state index contributed by atoms with van der Waals surface area (Å²) in [6.07, 6.45) is 0.658. The van der Waals surface area contributed by atoms with E-state index in [2.05, 4.69) is 22.0 Å². The summed E-state index contributed by atoms with van der Waals surface area (Å²) in [5.41, 5.74) is 14.2. The van der Waals surface area contributed by atoms with Crippen LogP contribution in [0.15, 0.2) is 53.0 Å². The first-order valence-corrected chi connectivity index (χ1v) is 9.25. The molecule has 4 N–H and O–H groups in total. The molecule has 0 fully saturated rings. The summed E-state index contributed by atoms with van der Waals surface area (Å²) in [4.78, 5) is 14.7. The SMILES string of the molecule is CC(N)CCN(Cc1ccc(Br)cc1C#N)C(=O)C(N)c1ccccc1. The van der Waals surface area contributed by atoms with Gasteiger partial charge in [0.25, 0.3) is 0 Å². The van der Waals surface area contributed by atoms with Gasteiger partial charge in [0.15, 0.2) is 0 Å². The summed E-state index contributed by atoms with van der Waals surface area (Å²) in [5.74, 6) is -0.177. The van der Waals surface area contributed by atoms with E-state index in [1.165, 1.54) is 0 Å². The van der Waals surface area contributed by atoms with Gasteiger partial charge >= 0.3 is 0 Å². The molecule has 0 aliphatic rings. The predicted octanol–water partition coefficient (Wildman–Crippen LogP) is 3.09. The first-order valence-electron chi connectivity index (χ1n) is 8.45. The van der Waals surface area contributed by atoms with Crippen molar-refractivity contribution in [1.29, 1.82) is 5.26 Å². The van der Waals surface area contributed by atoms with E-state index in [0.29, 0.717) is 25.1 Å². The molecule has 5 nitrogen and oxygen atoms in total. The Kier molecular flexibility index (Phi) is 7.34. The number of hydrogen-bond acceptors (Lipinski definition) is 4. The quantitative estimate of drug-likeness (QED) is 0.727. The molecule has 1 amide bonds. The van der Waals surface area contributed by atoms with Crippen molar-refractivity contribution in [2.75, 3.05) is 6.54 Å². The van der Waals surface area contributed by atoms with Gasteiger partial charge in [0.2, 0.25) is 5.91 Å². The Balaban J connectivity index is 2.26. The molecule has 0 saturated carbocycles. The second-order valence-electron chi connectivity index (χ2n) is 6.33. The van der Waals surface area contributed by atoms with Gasteiger partial charge in [-0.2, -0.15) is 5.26 Å². The molecule has 0 heterocycles. The molecule has 6 heteroatoms. The molecule has 2 aromatic carbocycles. The van der Waals surface area contributed by atoms with Crippen molar-refractivity contribution >= 4 is 21.8 Å². The van der Waals surface area contributed by atoms with Crippen LogP contribution in [0.1, 0.15) is 36.1 Å². The highest BCUT2D eigenvalue weighted by Gasteiger charge is 2.23. The molecule has 2 unspecified atom stereocenters. The number of hydrogen-bond donors (Lipinski definition) is 2. The molecule has 0 saturated heterocycles. The molecule has 2 atom stereocenters. The number of nitrogens with zero attached hydrogens (tertiary/aromatic N) is 2. The summed E-state index contributed by atoms with van der Waals surface area (Å²) in [6, 6.07) is 16.2. The van der Waals surface area contributed by atoms with Gasteiger partial charge in [-0.05, 0) is 36.6 Å². The Morgan fingerprint density at radius 1 is 1.23 bits per heavy atom. The molecule has 2 aromatic rings. The average Bonchev–Trinajstić information content (AvgIpc) is 2.65. The van der Waals surface area contributed by atoms with Crippen molar-refractivity contribution < 1.29 is 4.79 Å². The molecule has 0 radical (unpaired) electrons. The zero-order chi connectivity index (χ0) is 19.1. The Morgan fingerprint density at radius 3 is 2.54 bits per heavy atom. The van der Waals surface area contributed by atoms with Crippen LogP contribution in [0.2, 0.25) is 0 Å². The zero-order valence-electron chi connectivity index (χ0n) is 14.7. The highest BCUT2D eigenvalue weighted by Crippen LogP contribution is 2.20. The fraction of sp³-hybridized carbons (Fsp3) is 0.300. The molecule has 0 aliphatic heterocycles. The van der Waals surface area contributed by atoms with Crippen molar-refractivity contribution in [1.82, 2.24) is 4.90 Å². The maximum absolute atomic E-state index is 13.0. The van der Waals surface area contributed by atoms with Crippen LogP contribution in [0.25, 0.3) is 0 Å². The Bertz CT molecular complexity index is 786. The predicted molar refractivity (Wildman–Crippen MR) is 106 cm³/mol. The van der Waals surface area contributed by atoms with Crippen LogP contribution in [0.3, 0.4) is 0 Å². The lowest BCUT2D eigenvalue weighted by atomic mass is 10.0. The highest BCUT2D eigenvalue weighted by atomic mass is 79.9. The van der Waals surface area contributed by atoms with E-state index < -0.39 is 6.04 Å². The van der Waals surface area contributed by atoms with Crippen LogP contribution in [0.5, 0.6) is 0 Å². The summed E-state index contributed by atoms with van der Waals surface area (Å²) in [5, 5.41) is 9.38. The van der Waals surface area contributed by atoms with Gasteiger partial charge in [0.1, 0.15) is 6.04 Å². The monoisotopic (exact) mass is 414 g/mol. The van der Waals surface area contributed by atoms with E-state index in [9.17, 15) is 10.1 Å². The van der Waals surface area contributed by atoms with Gasteiger partial charge in [-0.15, -0.1) is 0 Å². The van der Waals surface area contributed by atoms with Gasteiger partial charge in [-0.3, -0.25) is 4.79 Å². The Morgan fingerprint density at radius 2 is 1.92 bits per heavy atom. The van der Waals surface area contributed by atoms with Crippen molar-refractivity contribution in [3.05, 3.63) is 69.7 Å². The normalized spacial score (nSPS) is 12.9. The first-order chi connectivity index (χ1) is 12.4. The lowest BCUT2D eigenvalue weighted by Gasteiger charge is -2.27. The van der Waals surface area contributed by atoms with Gasteiger partial charge in [0, 0.05) is 23.6 Å². The van der Waals surface area contributed by atoms with Crippen LogP contribution in [0, 0.1) is 11.3 Å². The van der Waals surface area contributed by atoms with E-state index in [0.717, 1.165) is 15.6 Å². The lowest BCUT2D eigenvalue weighted by molar-refractivity contribution is -0.133. The summed E-state index contributed by atoms with van der Waals surface area (Å²) < 4.78 is 0.826. The molecule has 0 bridgehead atoms. The fourth-order valence-electron chi connectivity index (χ4n) is 2.62. The maximum atomic E-state index is 13.0. The maximum Gasteiger partial charge on any atom is 0.244 e. The van der Waals surface area contributed by atoms with Crippen molar-refractivity contribution in [2.45, 2.75) is 32.0 Å². The average molecular weight is 415 g/mol. The van der Waals surface area contributed by atoms with Crippen LogP contribution in [-0.4, -0.2) is 23.4 Å². The molecular weight excluding hydrogens is 392 g/mol. The molecule has 0 aromatic heterocycles. The van der Waals surface area contributed by atoms with E-state index in [1.54, 1.807) is 11.0 Å².